The van der Waals surface area contributed by atoms with Crippen LogP contribution in [-0.4, -0.2) is 42.2 Å². The van der Waals surface area contributed by atoms with Crippen molar-refractivity contribution in [1.82, 2.24) is 4.90 Å². The molecule has 7 heteroatoms. The average Bonchev–Trinajstić information content (AvgIpc) is 2.37. The number of anilines is 1. The molecule has 0 bridgehead atoms. The Labute approximate surface area is 128 Å². The molecule has 0 unspecified atom stereocenters. The zero-order valence-corrected chi connectivity index (χ0v) is 13.0. The molecule has 0 aliphatic carbocycles. The first-order valence-electron chi connectivity index (χ1n) is 6.44. The molecule has 0 aliphatic rings. The number of hydrogen-bond donors (Lipinski definition) is 2. The predicted molar refractivity (Wildman–Crippen MR) is 81.1 cm³/mol. The Morgan fingerprint density at radius 1 is 1.43 bits per heavy atom. The predicted octanol–water partition coefficient (Wildman–Crippen LogP) is 2.92. The maximum Gasteiger partial charge on any atom is 0.323 e. The number of aliphatic carboxylic acids is 1. The zero-order chi connectivity index (χ0) is 16.0. The van der Waals surface area contributed by atoms with E-state index in [4.69, 9.17) is 21.4 Å². The molecule has 0 spiro atoms. The van der Waals surface area contributed by atoms with E-state index in [0.717, 1.165) is 0 Å². The fourth-order valence-corrected chi connectivity index (χ4v) is 2.03. The topological polar surface area (TPSA) is 78.9 Å². The van der Waals surface area contributed by atoms with E-state index < -0.39 is 12.0 Å². The molecule has 116 valence electrons. The summed E-state index contributed by atoms with van der Waals surface area (Å²) < 4.78 is 5.02. The summed E-state index contributed by atoms with van der Waals surface area (Å²) in [5.74, 6) is -0.396. The molecule has 1 aromatic rings. The summed E-state index contributed by atoms with van der Waals surface area (Å²) in [5.41, 5.74) is 0.477. The van der Waals surface area contributed by atoms with Gasteiger partial charge in [-0.05, 0) is 24.1 Å². The Balaban J connectivity index is 2.80. The SMILES string of the molecule is COc1ccc(NC(=O)N(CC(=O)O)CC(C)C)cc1Cl. The number of carbonyl (C=O) groups excluding carboxylic acids is 1. The third kappa shape index (κ3) is 5.51. The Morgan fingerprint density at radius 2 is 2.10 bits per heavy atom. The summed E-state index contributed by atoms with van der Waals surface area (Å²) in [6.45, 7) is 3.81. The molecular formula is C14H19ClN2O4. The minimum absolute atomic E-state index is 0.162. The summed E-state index contributed by atoms with van der Waals surface area (Å²) in [7, 11) is 1.50. The summed E-state index contributed by atoms with van der Waals surface area (Å²) in [6.07, 6.45) is 0. The van der Waals surface area contributed by atoms with E-state index in [0.29, 0.717) is 23.0 Å². The molecule has 21 heavy (non-hydrogen) atoms. The number of ether oxygens (including phenoxy) is 1. The lowest BCUT2D eigenvalue weighted by Crippen LogP contribution is -2.40. The van der Waals surface area contributed by atoms with E-state index in [9.17, 15) is 9.59 Å². The highest BCUT2D eigenvalue weighted by Crippen LogP contribution is 2.27. The second-order valence-corrected chi connectivity index (χ2v) is 5.35. The number of benzene rings is 1. The van der Waals surface area contributed by atoms with Gasteiger partial charge < -0.3 is 20.1 Å². The fourth-order valence-electron chi connectivity index (χ4n) is 1.77. The number of rotatable bonds is 6. The molecule has 0 aliphatic heterocycles. The first-order valence-corrected chi connectivity index (χ1v) is 6.82. The molecular weight excluding hydrogens is 296 g/mol. The maximum atomic E-state index is 12.1. The first-order chi connectivity index (χ1) is 9.83. The fraction of sp³-hybridized carbons (Fsp3) is 0.429. The monoisotopic (exact) mass is 314 g/mol. The number of nitrogens with zero attached hydrogens (tertiary/aromatic N) is 1. The van der Waals surface area contributed by atoms with Crippen molar-refractivity contribution in [3.8, 4) is 5.75 Å². The van der Waals surface area contributed by atoms with Crippen molar-refractivity contribution in [2.75, 3.05) is 25.5 Å². The lowest BCUT2D eigenvalue weighted by atomic mass is 10.2. The van der Waals surface area contributed by atoms with Crippen molar-refractivity contribution < 1.29 is 19.4 Å². The second kappa shape index (κ2) is 7.73. The normalized spacial score (nSPS) is 10.3. The van der Waals surface area contributed by atoms with Crippen molar-refractivity contribution in [2.24, 2.45) is 5.92 Å². The van der Waals surface area contributed by atoms with Gasteiger partial charge in [0.25, 0.3) is 0 Å². The van der Waals surface area contributed by atoms with Crippen LogP contribution in [0, 0.1) is 5.92 Å². The van der Waals surface area contributed by atoms with Crippen molar-refractivity contribution in [3.63, 3.8) is 0 Å². The van der Waals surface area contributed by atoms with Gasteiger partial charge in [-0.3, -0.25) is 4.79 Å². The average molecular weight is 315 g/mol. The zero-order valence-electron chi connectivity index (χ0n) is 12.2. The molecule has 1 rings (SSSR count). The molecule has 0 saturated carbocycles. The third-order valence-electron chi connectivity index (χ3n) is 2.60. The van der Waals surface area contributed by atoms with Crippen molar-refractivity contribution in [2.45, 2.75) is 13.8 Å². The van der Waals surface area contributed by atoms with Gasteiger partial charge in [0, 0.05) is 12.2 Å². The molecule has 0 aromatic heterocycles. The van der Waals surface area contributed by atoms with Gasteiger partial charge in [-0.1, -0.05) is 25.4 Å². The number of amides is 2. The lowest BCUT2D eigenvalue weighted by Gasteiger charge is -2.23. The van der Waals surface area contributed by atoms with Crippen molar-refractivity contribution in [3.05, 3.63) is 23.2 Å². The van der Waals surface area contributed by atoms with Gasteiger partial charge in [0.15, 0.2) is 0 Å². The molecule has 0 saturated heterocycles. The number of methoxy groups -OCH3 is 1. The van der Waals surface area contributed by atoms with Crippen LogP contribution in [0.15, 0.2) is 18.2 Å². The van der Waals surface area contributed by atoms with E-state index in [1.807, 2.05) is 13.8 Å². The van der Waals surface area contributed by atoms with E-state index in [2.05, 4.69) is 5.32 Å². The molecule has 0 fully saturated rings. The van der Waals surface area contributed by atoms with Gasteiger partial charge in [-0.15, -0.1) is 0 Å². The number of carboxylic acid groups (broad SMARTS) is 1. The summed E-state index contributed by atoms with van der Waals surface area (Å²) in [5, 5.41) is 11.9. The minimum atomic E-state index is -1.06. The van der Waals surface area contributed by atoms with Gasteiger partial charge >= 0.3 is 12.0 Å². The van der Waals surface area contributed by atoms with E-state index in [-0.39, 0.29) is 12.5 Å². The van der Waals surface area contributed by atoms with Crippen molar-refractivity contribution in [1.29, 1.82) is 0 Å². The van der Waals surface area contributed by atoms with Gasteiger partial charge in [0.1, 0.15) is 12.3 Å². The lowest BCUT2D eigenvalue weighted by molar-refractivity contribution is -0.137. The summed E-state index contributed by atoms with van der Waals surface area (Å²) >= 11 is 5.98. The number of carboxylic acids is 1. The highest BCUT2D eigenvalue weighted by Gasteiger charge is 2.18. The van der Waals surface area contributed by atoms with Crippen LogP contribution in [0.5, 0.6) is 5.75 Å². The van der Waals surface area contributed by atoms with Crippen LogP contribution in [0.2, 0.25) is 5.02 Å². The van der Waals surface area contributed by atoms with E-state index in [1.54, 1.807) is 18.2 Å². The van der Waals surface area contributed by atoms with Crippen LogP contribution in [0.3, 0.4) is 0 Å². The Hall–Kier alpha value is -1.95. The maximum absolute atomic E-state index is 12.1. The number of nitrogens with one attached hydrogen (secondary N) is 1. The Kier molecular flexibility index (Phi) is 6.30. The molecule has 0 atom stereocenters. The van der Waals surface area contributed by atoms with Crippen LogP contribution >= 0.6 is 11.6 Å². The van der Waals surface area contributed by atoms with Crippen LogP contribution in [-0.2, 0) is 4.79 Å². The van der Waals surface area contributed by atoms with Crippen LogP contribution in [0.1, 0.15) is 13.8 Å². The molecule has 0 heterocycles. The van der Waals surface area contributed by atoms with Gasteiger partial charge in [0.2, 0.25) is 0 Å². The van der Waals surface area contributed by atoms with E-state index in [1.165, 1.54) is 12.0 Å². The summed E-state index contributed by atoms with van der Waals surface area (Å²) in [6, 6.07) is 4.33. The standard InChI is InChI=1S/C14H19ClN2O4/c1-9(2)7-17(8-13(18)19)14(20)16-10-4-5-12(21-3)11(15)6-10/h4-6,9H,7-8H2,1-3H3,(H,16,20)(H,18,19). The Morgan fingerprint density at radius 3 is 2.57 bits per heavy atom. The first kappa shape index (κ1) is 17.1. The number of urea groups is 1. The quantitative estimate of drug-likeness (QED) is 0.846. The Bertz CT molecular complexity index is 520. The smallest absolute Gasteiger partial charge is 0.323 e. The summed E-state index contributed by atoms with van der Waals surface area (Å²) in [4.78, 5) is 24.2. The largest absolute Gasteiger partial charge is 0.495 e. The molecule has 2 amide bonds. The minimum Gasteiger partial charge on any atom is -0.495 e. The molecule has 0 radical (unpaired) electrons. The number of hydrogen-bond acceptors (Lipinski definition) is 3. The van der Waals surface area contributed by atoms with Gasteiger partial charge in [-0.2, -0.15) is 0 Å². The van der Waals surface area contributed by atoms with Gasteiger partial charge in [0.05, 0.1) is 12.1 Å². The molecule has 1 aromatic carbocycles. The van der Waals surface area contributed by atoms with Crippen LogP contribution in [0.4, 0.5) is 10.5 Å². The highest BCUT2D eigenvalue weighted by atomic mass is 35.5. The van der Waals surface area contributed by atoms with Crippen LogP contribution in [0.25, 0.3) is 0 Å². The molecule has 2 N–H and O–H groups in total. The third-order valence-corrected chi connectivity index (χ3v) is 2.90. The number of halogens is 1. The van der Waals surface area contributed by atoms with Crippen LogP contribution < -0.4 is 10.1 Å². The number of carbonyl (C=O) groups is 2. The van der Waals surface area contributed by atoms with Crippen molar-refractivity contribution >= 4 is 29.3 Å². The highest BCUT2D eigenvalue weighted by molar-refractivity contribution is 6.32. The van der Waals surface area contributed by atoms with Gasteiger partial charge in [-0.25, -0.2) is 4.79 Å². The second-order valence-electron chi connectivity index (χ2n) is 4.95. The molecule has 6 nitrogen and oxygen atoms in total. The van der Waals surface area contributed by atoms with E-state index >= 15 is 0 Å².